The van der Waals surface area contributed by atoms with Gasteiger partial charge in [-0.15, -0.1) is 5.11 Å². The number of nitrogens with zero attached hydrogens (tertiary/aromatic N) is 5. The minimum absolute atomic E-state index is 0.0412. The predicted molar refractivity (Wildman–Crippen MR) is 163 cm³/mol. The van der Waals surface area contributed by atoms with Crippen molar-refractivity contribution in [2.24, 2.45) is 20.2 Å². The molecule has 3 aliphatic rings. The molecule has 2 heterocycles. The van der Waals surface area contributed by atoms with Crippen LogP contribution in [-0.4, -0.2) is 53.7 Å². The largest absolute Gasteiger partial charge is 0.345 e. The number of azo groups is 1. The zero-order valence-electron chi connectivity index (χ0n) is 24.8. The van der Waals surface area contributed by atoms with Crippen molar-refractivity contribution in [3.8, 4) is 0 Å². The van der Waals surface area contributed by atoms with E-state index in [2.05, 4.69) is 77.4 Å². The van der Waals surface area contributed by atoms with Crippen molar-refractivity contribution in [2.45, 2.75) is 89.6 Å². The topological polar surface area (TPSA) is 98.8 Å². The molecule has 2 amide bonds. The summed E-state index contributed by atoms with van der Waals surface area (Å²) in [7, 11) is 0. The van der Waals surface area contributed by atoms with Crippen molar-refractivity contribution in [2.75, 3.05) is 19.8 Å². The monoisotopic (exact) mass is 554 g/mol. The van der Waals surface area contributed by atoms with E-state index in [0.29, 0.717) is 30.3 Å². The maximum absolute atomic E-state index is 14.1. The normalized spacial score (nSPS) is 18.9. The van der Waals surface area contributed by atoms with Gasteiger partial charge < -0.3 is 10.2 Å². The molecule has 2 aromatic rings. The molecule has 1 N–H and O–H groups in total. The maximum atomic E-state index is 14.1. The summed E-state index contributed by atoms with van der Waals surface area (Å²) in [4.78, 5) is 38.2. The molecule has 0 radical (unpaired) electrons. The lowest BCUT2D eigenvalue weighted by atomic mass is 9.86. The van der Waals surface area contributed by atoms with E-state index < -0.39 is 5.66 Å². The van der Waals surface area contributed by atoms with E-state index in [4.69, 9.17) is 4.99 Å². The molecule has 8 heteroatoms. The first-order chi connectivity index (χ1) is 19.7. The average molecular weight is 555 g/mol. The number of hydrogen-bond donors (Lipinski definition) is 1. The lowest BCUT2D eigenvalue weighted by Crippen LogP contribution is -2.49. The fraction of sp³-hybridized carbons (Fsp3) is 0.515. The van der Waals surface area contributed by atoms with Crippen LogP contribution < -0.4 is 5.32 Å². The summed E-state index contributed by atoms with van der Waals surface area (Å²) in [5.41, 5.74) is 4.07. The zero-order valence-corrected chi connectivity index (χ0v) is 24.8. The van der Waals surface area contributed by atoms with E-state index in [1.54, 1.807) is 0 Å². The SMILES string of the molecule is CCCC(CN1C(=O)C(c2ccc(C(C)(C)C)cc2)=NC12CCCCC2)c1ccc(C(=O)NCC2=NCN=N2)cc1. The van der Waals surface area contributed by atoms with Crippen LogP contribution in [0, 0.1) is 0 Å². The fourth-order valence-corrected chi connectivity index (χ4v) is 6.15. The predicted octanol–water partition coefficient (Wildman–Crippen LogP) is 6.41. The number of aliphatic imine (C=N–C) groups is 2. The minimum Gasteiger partial charge on any atom is -0.345 e. The second kappa shape index (κ2) is 12.0. The van der Waals surface area contributed by atoms with Gasteiger partial charge in [-0.3, -0.25) is 14.6 Å². The van der Waals surface area contributed by atoms with Gasteiger partial charge in [-0.25, -0.2) is 4.99 Å². The Morgan fingerprint density at radius 1 is 1.02 bits per heavy atom. The first-order valence-corrected chi connectivity index (χ1v) is 15.0. The standard InChI is InChI=1S/C33H42N6O2/c1-5-9-26(23-10-12-25(13-11-23)30(40)34-20-28-35-22-36-38-28)21-39-31(41)29(37-33(39)18-7-6-8-19-33)24-14-16-27(17-15-24)32(2,3)4/h10-17,26H,5-9,18-22H2,1-4H3,(H,34,40). The number of amides is 2. The van der Waals surface area contributed by atoms with Crippen LogP contribution in [0.2, 0.25) is 0 Å². The van der Waals surface area contributed by atoms with Crippen LogP contribution in [0.4, 0.5) is 0 Å². The number of benzene rings is 2. The Labute approximate surface area is 243 Å². The molecule has 1 atom stereocenters. The van der Waals surface area contributed by atoms with Gasteiger partial charge in [0, 0.05) is 23.6 Å². The Bertz CT molecular complexity index is 1350. The molecular weight excluding hydrogens is 512 g/mol. The molecular formula is C33H42N6O2. The van der Waals surface area contributed by atoms with Crippen LogP contribution in [0.25, 0.3) is 0 Å². The van der Waals surface area contributed by atoms with Crippen LogP contribution in [0.3, 0.4) is 0 Å². The van der Waals surface area contributed by atoms with Crippen molar-refractivity contribution in [1.82, 2.24) is 10.2 Å². The summed E-state index contributed by atoms with van der Waals surface area (Å²) in [6, 6.07) is 16.2. The van der Waals surface area contributed by atoms with Gasteiger partial charge in [0.15, 0.2) is 12.5 Å². The van der Waals surface area contributed by atoms with Crippen LogP contribution in [0.15, 0.2) is 68.7 Å². The van der Waals surface area contributed by atoms with Crippen molar-refractivity contribution in [3.05, 3.63) is 70.8 Å². The Balaban J connectivity index is 1.35. The van der Waals surface area contributed by atoms with Gasteiger partial charge in [-0.1, -0.05) is 76.9 Å². The summed E-state index contributed by atoms with van der Waals surface area (Å²) >= 11 is 0. The number of hydrogen-bond acceptors (Lipinski definition) is 6. The molecule has 0 saturated heterocycles. The highest BCUT2D eigenvalue weighted by Gasteiger charge is 2.48. The fourth-order valence-electron chi connectivity index (χ4n) is 6.15. The molecule has 2 aliphatic heterocycles. The molecule has 41 heavy (non-hydrogen) atoms. The van der Waals surface area contributed by atoms with Crippen molar-refractivity contribution >= 4 is 23.4 Å². The Morgan fingerprint density at radius 2 is 1.73 bits per heavy atom. The minimum atomic E-state index is -0.459. The van der Waals surface area contributed by atoms with Gasteiger partial charge >= 0.3 is 0 Å². The molecule has 8 nitrogen and oxygen atoms in total. The van der Waals surface area contributed by atoms with Crippen molar-refractivity contribution < 1.29 is 9.59 Å². The molecule has 216 valence electrons. The third-order valence-electron chi connectivity index (χ3n) is 8.54. The van der Waals surface area contributed by atoms with Crippen LogP contribution in [0.1, 0.15) is 106 Å². The Hall–Kier alpha value is -3.68. The first kappa shape index (κ1) is 28.8. The number of carbonyl (C=O) groups is 2. The second-order valence-corrected chi connectivity index (χ2v) is 12.5. The third-order valence-corrected chi connectivity index (χ3v) is 8.54. The molecule has 1 aliphatic carbocycles. The number of rotatable bonds is 9. The number of carbonyl (C=O) groups excluding carboxylic acids is 2. The molecule has 0 aromatic heterocycles. The molecule has 5 rings (SSSR count). The zero-order chi connectivity index (χ0) is 29.0. The van der Waals surface area contributed by atoms with E-state index >= 15 is 0 Å². The van der Waals surface area contributed by atoms with E-state index in [1.807, 2.05) is 24.3 Å². The van der Waals surface area contributed by atoms with E-state index in [0.717, 1.165) is 49.7 Å². The Morgan fingerprint density at radius 3 is 2.34 bits per heavy atom. The third kappa shape index (κ3) is 6.31. The van der Waals surface area contributed by atoms with Gasteiger partial charge in [0.05, 0.1) is 6.54 Å². The van der Waals surface area contributed by atoms with Crippen LogP contribution >= 0.6 is 0 Å². The van der Waals surface area contributed by atoms with Gasteiger partial charge in [0.25, 0.3) is 11.8 Å². The maximum Gasteiger partial charge on any atom is 0.274 e. The Kier molecular flexibility index (Phi) is 8.47. The van der Waals surface area contributed by atoms with Crippen molar-refractivity contribution in [1.29, 1.82) is 0 Å². The summed E-state index contributed by atoms with van der Waals surface area (Å²) in [6.45, 7) is 9.99. The lowest BCUT2D eigenvalue weighted by Gasteiger charge is -2.41. The summed E-state index contributed by atoms with van der Waals surface area (Å²) in [5, 5.41) is 10.6. The summed E-state index contributed by atoms with van der Waals surface area (Å²) in [5.74, 6) is 0.571. The van der Waals surface area contributed by atoms with Gasteiger partial charge in [-0.2, -0.15) is 5.11 Å². The van der Waals surface area contributed by atoms with E-state index in [9.17, 15) is 9.59 Å². The highest BCUT2D eigenvalue weighted by molar-refractivity contribution is 6.46. The quantitative estimate of drug-likeness (QED) is 0.387. The summed E-state index contributed by atoms with van der Waals surface area (Å²) in [6.07, 6.45) is 7.12. The van der Waals surface area contributed by atoms with Crippen LogP contribution in [0.5, 0.6) is 0 Å². The smallest absolute Gasteiger partial charge is 0.274 e. The van der Waals surface area contributed by atoms with Gasteiger partial charge in [-0.05, 0) is 60.8 Å². The van der Waals surface area contributed by atoms with E-state index in [-0.39, 0.29) is 29.7 Å². The second-order valence-electron chi connectivity index (χ2n) is 12.5. The lowest BCUT2D eigenvalue weighted by molar-refractivity contribution is -0.129. The van der Waals surface area contributed by atoms with Gasteiger partial charge in [0.1, 0.15) is 11.4 Å². The van der Waals surface area contributed by atoms with Crippen LogP contribution in [-0.2, 0) is 10.2 Å². The highest BCUT2D eigenvalue weighted by atomic mass is 16.2. The van der Waals surface area contributed by atoms with Gasteiger partial charge in [0.2, 0.25) is 0 Å². The highest BCUT2D eigenvalue weighted by Crippen LogP contribution is 2.41. The molecule has 1 unspecified atom stereocenters. The molecule has 1 fully saturated rings. The summed E-state index contributed by atoms with van der Waals surface area (Å²) < 4.78 is 0. The first-order valence-electron chi connectivity index (χ1n) is 15.0. The van der Waals surface area contributed by atoms with Crippen molar-refractivity contribution in [3.63, 3.8) is 0 Å². The molecule has 1 saturated carbocycles. The molecule has 0 bridgehead atoms. The average Bonchev–Trinajstić information content (AvgIpc) is 3.59. The molecule has 1 spiro atoms. The number of nitrogens with one attached hydrogen (secondary N) is 1. The molecule has 2 aromatic carbocycles. The van der Waals surface area contributed by atoms with E-state index in [1.165, 1.54) is 12.0 Å². The number of amidine groups is 1.